The number of hydrogen-bond acceptors (Lipinski definition) is 6. The van der Waals surface area contributed by atoms with E-state index in [2.05, 4.69) is 93.7 Å². The first-order valence-electron chi connectivity index (χ1n) is 26.4. The van der Waals surface area contributed by atoms with E-state index < -0.39 is 6.10 Å². The summed E-state index contributed by atoms with van der Waals surface area (Å²) in [7, 11) is 0. The van der Waals surface area contributed by atoms with Crippen LogP contribution < -0.4 is 0 Å². The molecule has 0 aromatic carbocycles. The largest absolute Gasteiger partial charge is 0.462 e. The smallest absolute Gasteiger partial charge is 0.306 e. The molecule has 0 aliphatic rings. The Morgan fingerprint density at radius 1 is 0.333 bits per heavy atom. The van der Waals surface area contributed by atoms with Crippen LogP contribution in [0.5, 0.6) is 0 Å². The van der Waals surface area contributed by atoms with Gasteiger partial charge in [0.1, 0.15) is 13.2 Å². The molecule has 0 bridgehead atoms. The summed E-state index contributed by atoms with van der Waals surface area (Å²) in [6.45, 7) is 6.47. The van der Waals surface area contributed by atoms with Gasteiger partial charge in [-0.3, -0.25) is 14.4 Å². The second-order valence-corrected chi connectivity index (χ2v) is 17.4. The molecule has 0 aliphatic carbocycles. The highest BCUT2D eigenvalue weighted by Crippen LogP contribution is 2.14. The molecule has 0 amide bonds. The average molecular weight is 879 g/mol. The number of hydrogen-bond donors (Lipinski definition) is 0. The molecule has 0 unspecified atom stereocenters. The molecule has 0 spiro atoms. The van der Waals surface area contributed by atoms with Gasteiger partial charge in [-0.05, 0) is 109 Å². The van der Waals surface area contributed by atoms with E-state index in [1.165, 1.54) is 109 Å². The van der Waals surface area contributed by atoms with Gasteiger partial charge in [-0.2, -0.15) is 0 Å². The Bertz CT molecular complexity index is 1190. The maximum atomic E-state index is 12.8. The lowest BCUT2D eigenvalue weighted by Crippen LogP contribution is -2.30. The van der Waals surface area contributed by atoms with E-state index in [0.29, 0.717) is 19.3 Å². The van der Waals surface area contributed by atoms with Crippen LogP contribution in [-0.4, -0.2) is 37.2 Å². The quantitative estimate of drug-likeness (QED) is 0.0262. The Kier molecular flexibility index (Phi) is 48.9. The molecule has 0 aromatic heterocycles. The van der Waals surface area contributed by atoms with Gasteiger partial charge in [-0.1, -0.05) is 196 Å². The standard InChI is InChI=1S/C57H98O6/c1-4-7-10-13-16-19-22-25-27-28-30-33-36-39-42-45-48-51-57(60)63-54(52-61-55(58)49-46-43-40-37-34-31-24-21-18-15-12-9-6-3)53-62-56(59)50-47-44-41-38-35-32-29-26-23-20-17-14-11-8-5-2/h7,10,16,19-21,23-25,27,30,33,54H,4-6,8-9,11-15,17-18,22,26,28-29,31-32,34-53H2,1-3H3/b10-7-,19-16-,23-20-,24-21-,27-25-,33-30-/t54-/m0/s1. The highest BCUT2D eigenvalue weighted by atomic mass is 16.6. The molecule has 0 saturated carbocycles. The number of unbranched alkanes of at least 4 members (excludes halogenated alkanes) is 24. The van der Waals surface area contributed by atoms with E-state index in [1.54, 1.807) is 0 Å². The topological polar surface area (TPSA) is 78.9 Å². The van der Waals surface area contributed by atoms with Gasteiger partial charge in [0.05, 0.1) is 0 Å². The second-order valence-electron chi connectivity index (χ2n) is 17.4. The van der Waals surface area contributed by atoms with Crippen molar-refractivity contribution in [2.24, 2.45) is 0 Å². The monoisotopic (exact) mass is 879 g/mol. The summed E-state index contributed by atoms with van der Waals surface area (Å²) in [6, 6.07) is 0. The average Bonchev–Trinajstić information content (AvgIpc) is 3.28. The summed E-state index contributed by atoms with van der Waals surface area (Å²) in [6.07, 6.45) is 64.5. The molecule has 0 fully saturated rings. The van der Waals surface area contributed by atoms with E-state index in [-0.39, 0.29) is 31.1 Å². The van der Waals surface area contributed by atoms with Gasteiger partial charge >= 0.3 is 17.9 Å². The molecule has 1 atom stereocenters. The Labute approximate surface area is 389 Å². The van der Waals surface area contributed by atoms with Crippen LogP contribution in [-0.2, 0) is 28.6 Å². The molecular weight excluding hydrogens is 781 g/mol. The lowest BCUT2D eigenvalue weighted by atomic mass is 10.1. The first-order valence-corrected chi connectivity index (χ1v) is 26.4. The van der Waals surface area contributed by atoms with Crippen LogP contribution in [0.25, 0.3) is 0 Å². The summed E-state index contributed by atoms with van der Waals surface area (Å²) >= 11 is 0. The van der Waals surface area contributed by atoms with Crippen molar-refractivity contribution in [3.8, 4) is 0 Å². The van der Waals surface area contributed by atoms with E-state index in [0.717, 1.165) is 103 Å². The van der Waals surface area contributed by atoms with Crippen LogP contribution in [0.1, 0.15) is 252 Å². The minimum atomic E-state index is -0.792. The molecular formula is C57H98O6. The van der Waals surface area contributed by atoms with Gasteiger partial charge in [-0.15, -0.1) is 0 Å². The Morgan fingerprint density at radius 3 is 0.984 bits per heavy atom. The van der Waals surface area contributed by atoms with Crippen LogP contribution >= 0.6 is 0 Å². The number of allylic oxidation sites excluding steroid dienone is 12. The van der Waals surface area contributed by atoms with Crippen molar-refractivity contribution in [3.63, 3.8) is 0 Å². The Hall–Kier alpha value is -3.15. The van der Waals surface area contributed by atoms with Crippen molar-refractivity contribution in [1.82, 2.24) is 0 Å². The predicted molar refractivity (Wildman–Crippen MR) is 270 cm³/mol. The van der Waals surface area contributed by atoms with Crippen LogP contribution in [0.2, 0.25) is 0 Å². The summed E-state index contributed by atoms with van der Waals surface area (Å²) in [5.74, 6) is -0.925. The van der Waals surface area contributed by atoms with E-state index in [9.17, 15) is 14.4 Å². The minimum Gasteiger partial charge on any atom is -0.462 e. The molecule has 0 N–H and O–H groups in total. The summed E-state index contributed by atoms with van der Waals surface area (Å²) in [5, 5.41) is 0. The maximum Gasteiger partial charge on any atom is 0.306 e. The fourth-order valence-corrected chi connectivity index (χ4v) is 7.19. The third-order valence-electron chi connectivity index (χ3n) is 11.2. The zero-order valence-electron chi connectivity index (χ0n) is 41.3. The number of rotatable bonds is 47. The lowest BCUT2D eigenvalue weighted by Gasteiger charge is -2.18. The van der Waals surface area contributed by atoms with Crippen LogP contribution in [0.3, 0.4) is 0 Å². The van der Waals surface area contributed by atoms with Gasteiger partial charge in [0.15, 0.2) is 6.10 Å². The van der Waals surface area contributed by atoms with Crippen molar-refractivity contribution in [3.05, 3.63) is 72.9 Å². The van der Waals surface area contributed by atoms with Gasteiger partial charge in [-0.25, -0.2) is 0 Å². The van der Waals surface area contributed by atoms with Crippen molar-refractivity contribution in [1.29, 1.82) is 0 Å². The third kappa shape index (κ3) is 49.7. The molecule has 0 aliphatic heterocycles. The fourth-order valence-electron chi connectivity index (χ4n) is 7.19. The normalized spacial score (nSPS) is 12.6. The SMILES string of the molecule is CC/C=C\C/C=C\C/C=C\C/C=C\CCCCCCC(=O)O[C@@H](COC(=O)CCCCCCC/C=C\CCCCCC)COC(=O)CCCCCCCCC/C=C\CCCCCC. The number of carbonyl (C=O) groups is 3. The molecule has 0 radical (unpaired) electrons. The highest BCUT2D eigenvalue weighted by Gasteiger charge is 2.19. The van der Waals surface area contributed by atoms with Crippen molar-refractivity contribution >= 4 is 17.9 Å². The Morgan fingerprint density at radius 2 is 0.619 bits per heavy atom. The van der Waals surface area contributed by atoms with Crippen molar-refractivity contribution in [2.75, 3.05) is 13.2 Å². The molecule has 6 nitrogen and oxygen atoms in total. The number of esters is 3. The highest BCUT2D eigenvalue weighted by molar-refractivity contribution is 5.71. The Balaban J connectivity index is 4.45. The molecule has 0 heterocycles. The van der Waals surface area contributed by atoms with E-state index in [4.69, 9.17) is 14.2 Å². The van der Waals surface area contributed by atoms with E-state index >= 15 is 0 Å². The number of ether oxygens (including phenoxy) is 3. The zero-order valence-corrected chi connectivity index (χ0v) is 41.3. The summed E-state index contributed by atoms with van der Waals surface area (Å²) in [5.41, 5.74) is 0. The number of carbonyl (C=O) groups excluding carboxylic acids is 3. The zero-order chi connectivity index (χ0) is 45.8. The van der Waals surface area contributed by atoms with E-state index in [1.807, 2.05) is 0 Å². The molecule has 0 saturated heterocycles. The van der Waals surface area contributed by atoms with Crippen LogP contribution in [0.4, 0.5) is 0 Å². The van der Waals surface area contributed by atoms with Crippen LogP contribution in [0, 0.1) is 0 Å². The molecule has 63 heavy (non-hydrogen) atoms. The minimum absolute atomic E-state index is 0.0902. The van der Waals surface area contributed by atoms with Crippen molar-refractivity contribution in [2.45, 2.75) is 258 Å². The van der Waals surface area contributed by atoms with Crippen molar-refractivity contribution < 1.29 is 28.6 Å². The second kappa shape index (κ2) is 51.5. The maximum absolute atomic E-state index is 12.8. The van der Waals surface area contributed by atoms with Gasteiger partial charge in [0.2, 0.25) is 0 Å². The molecule has 0 rings (SSSR count). The lowest BCUT2D eigenvalue weighted by molar-refractivity contribution is -0.167. The van der Waals surface area contributed by atoms with Gasteiger partial charge in [0.25, 0.3) is 0 Å². The third-order valence-corrected chi connectivity index (χ3v) is 11.2. The van der Waals surface area contributed by atoms with Gasteiger partial charge in [0, 0.05) is 19.3 Å². The van der Waals surface area contributed by atoms with Crippen LogP contribution in [0.15, 0.2) is 72.9 Å². The molecule has 0 aromatic rings. The fraction of sp³-hybridized carbons (Fsp3) is 0.737. The predicted octanol–water partition coefficient (Wildman–Crippen LogP) is 17.4. The summed E-state index contributed by atoms with van der Waals surface area (Å²) < 4.78 is 16.8. The molecule has 362 valence electrons. The summed E-state index contributed by atoms with van der Waals surface area (Å²) in [4.78, 5) is 38.0. The molecule has 6 heteroatoms. The first kappa shape index (κ1) is 59.9. The first-order chi connectivity index (χ1) is 31.0. The van der Waals surface area contributed by atoms with Gasteiger partial charge < -0.3 is 14.2 Å².